The fourth-order valence-corrected chi connectivity index (χ4v) is 2.21. The molecule has 1 nitrogen and oxygen atoms in total. The summed E-state index contributed by atoms with van der Waals surface area (Å²) in [5.74, 6) is 0.572. The lowest BCUT2D eigenvalue weighted by molar-refractivity contribution is 0.383. The summed E-state index contributed by atoms with van der Waals surface area (Å²) in [6.45, 7) is 3.57. The highest BCUT2D eigenvalue weighted by molar-refractivity contribution is 5.32. The van der Waals surface area contributed by atoms with Crippen molar-refractivity contribution in [3.63, 3.8) is 0 Å². The first kappa shape index (κ1) is 12.4. The Labute approximate surface area is 108 Å². The molecule has 1 heteroatoms. The fraction of sp³-hybridized carbons (Fsp3) is 0.176. The van der Waals surface area contributed by atoms with Crippen molar-refractivity contribution in [2.45, 2.75) is 18.8 Å². The number of hydrogen-bond acceptors (Lipinski definition) is 1. The highest BCUT2D eigenvalue weighted by atomic mass is 16.3. The van der Waals surface area contributed by atoms with Gasteiger partial charge in [-0.05, 0) is 17.5 Å². The normalized spacial score (nSPS) is 10.5. The number of benzene rings is 2. The van der Waals surface area contributed by atoms with E-state index in [1.807, 2.05) is 12.1 Å². The minimum Gasteiger partial charge on any atom is -0.513 e. The summed E-state index contributed by atoms with van der Waals surface area (Å²) in [6, 6.07) is 20.8. The van der Waals surface area contributed by atoms with Crippen LogP contribution in [-0.4, -0.2) is 5.11 Å². The zero-order valence-electron chi connectivity index (χ0n) is 10.4. The van der Waals surface area contributed by atoms with Gasteiger partial charge >= 0.3 is 0 Å². The van der Waals surface area contributed by atoms with E-state index in [0.717, 1.165) is 6.42 Å². The van der Waals surface area contributed by atoms with Crippen LogP contribution in [0.3, 0.4) is 0 Å². The molecule has 0 saturated heterocycles. The van der Waals surface area contributed by atoms with Crippen molar-refractivity contribution in [2.75, 3.05) is 0 Å². The molecule has 0 amide bonds. The predicted molar refractivity (Wildman–Crippen MR) is 75.7 cm³/mol. The van der Waals surface area contributed by atoms with Crippen molar-refractivity contribution in [3.05, 3.63) is 84.1 Å². The summed E-state index contributed by atoms with van der Waals surface area (Å²) < 4.78 is 0. The molecule has 0 saturated carbocycles. The van der Waals surface area contributed by atoms with E-state index in [2.05, 4.69) is 55.1 Å². The lowest BCUT2D eigenvalue weighted by Gasteiger charge is -2.17. The van der Waals surface area contributed by atoms with Gasteiger partial charge in [-0.25, -0.2) is 0 Å². The first-order valence-corrected chi connectivity index (χ1v) is 6.24. The van der Waals surface area contributed by atoms with Crippen molar-refractivity contribution < 1.29 is 5.11 Å². The summed E-state index contributed by atoms with van der Waals surface area (Å²) in [4.78, 5) is 0. The maximum Gasteiger partial charge on any atom is 0.0851 e. The first-order valence-electron chi connectivity index (χ1n) is 6.24. The molecule has 2 aromatic carbocycles. The van der Waals surface area contributed by atoms with E-state index in [-0.39, 0.29) is 5.76 Å². The molecule has 18 heavy (non-hydrogen) atoms. The van der Waals surface area contributed by atoms with E-state index >= 15 is 0 Å². The van der Waals surface area contributed by atoms with Crippen molar-refractivity contribution >= 4 is 0 Å². The van der Waals surface area contributed by atoms with Gasteiger partial charge in [-0.3, -0.25) is 0 Å². The monoisotopic (exact) mass is 238 g/mol. The third kappa shape index (κ3) is 3.24. The van der Waals surface area contributed by atoms with Crippen LogP contribution in [0, 0.1) is 0 Å². The second-order valence-electron chi connectivity index (χ2n) is 4.48. The molecule has 2 rings (SSSR count). The van der Waals surface area contributed by atoms with Crippen LogP contribution in [0.4, 0.5) is 0 Å². The largest absolute Gasteiger partial charge is 0.513 e. The fourth-order valence-electron chi connectivity index (χ4n) is 2.21. The van der Waals surface area contributed by atoms with Crippen LogP contribution < -0.4 is 0 Å². The predicted octanol–water partition coefficient (Wildman–Crippen LogP) is 4.67. The number of aliphatic hydroxyl groups excluding tert-OH is 1. The average molecular weight is 238 g/mol. The minimum absolute atomic E-state index is 0.256. The lowest BCUT2D eigenvalue weighted by Crippen LogP contribution is -2.01. The lowest BCUT2D eigenvalue weighted by atomic mass is 9.87. The van der Waals surface area contributed by atoms with Gasteiger partial charge in [0.2, 0.25) is 0 Å². The minimum atomic E-state index is 0.256. The van der Waals surface area contributed by atoms with Gasteiger partial charge in [-0.1, -0.05) is 67.2 Å². The molecule has 0 bridgehead atoms. The van der Waals surface area contributed by atoms with Crippen LogP contribution in [-0.2, 0) is 0 Å². The maximum atomic E-state index is 9.30. The molecule has 1 N–H and O–H groups in total. The number of hydrogen-bond donors (Lipinski definition) is 1. The topological polar surface area (TPSA) is 20.2 Å². The van der Waals surface area contributed by atoms with Crippen LogP contribution in [0.2, 0.25) is 0 Å². The Morgan fingerprint density at radius 3 is 1.72 bits per heavy atom. The van der Waals surface area contributed by atoms with Gasteiger partial charge in [-0.2, -0.15) is 0 Å². The molecular weight excluding hydrogens is 220 g/mol. The third-order valence-corrected chi connectivity index (χ3v) is 3.13. The Kier molecular flexibility index (Phi) is 4.19. The summed E-state index contributed by atoms with van der Waals surface area (Å²) in [6.07, 6.45) is 1.51. The van der Waals surface area contributed by atoms with Crippen LogP contribution in [0.1, 0.15) is 29.9 Å². The summed E-state index contributed by atoms with van der Waals surface area (Å²) in [5, 5.41) is 9.30. The highest BCUT2D eigenvalue weighted by Crippen LogP contribution is 2.29. The summed E-state index contributed by atoms with van der Waals surface area (Å²) >= 11 is 0. The zero-order valence-corrected chi connectivity index (χ0v) is 10.4. The van der Waals surface area contributed by atoms with Crippen LogP contribution >= 0.6 is 0 Å². The molecule has 2 aromatic rings. The molecule has 0 aromatic heterocycles. The van der Waals surface area contributed by atoms with Gasteiger partial charge in [0, 0.05) is 12.3 Å². The van der Waals surface area contributed by atoms with Crippen molar-refractivity contribution in [2.24, 2.45) is 0 Å². The SMILES string of the molecule is C=C(O)CCC(c1ccccc1)c1ccccc1. The number of aliphatic hydroxyl groups is 1. The average Bonchev–Trinajstić information content (AvgIpc) is 2.41. The third-order valence-electron chi connectivity index (χ3n) is 3.13. The molecular formula is C17H18O. The number of allylic oxidation sites excluding steroid dienone is 1. The smallest absolute Gasteiger partial charge is 0.0851 e. The maximum absolute atomic E-state index is 9.30. The van der Waals surface area contributed by atoms with Gasteiger partial charge in [0.15, 0.2) is 0 Å². The quantitative estimate of drug-likeness (QED) is 0.750. The number of rotatable bonds is 5. The summed E-state index contributed by atoms with van der Waals surface area (Å²) in [5.41, 5.74) is 2.56. The molecule has 0 unspecified atom stereocenters. The Morgan fingerprint density at radius 2 is 1.33 bits per heavy atom. The van der Waals surface area contributed by atoms with E-state index in [9.17, 15) is 5.11 Å². The van der Waals surface area contributed by atoms with Crippen molar-refractivity contribution in [1.29, 1.82) is 0 Å². The van der Waals surface area contributed by atoms with Gasteiger partial charge in [0.05, 0.1) is 5.76 Å². The van der Waals surface area contributed by atoms with Gasteiger partial charge in [0.1, 0.15) is 0 Å². The Balaban J connectivity index is 2.26. The van der Waals surface area contributed by atoms with Gasteiger partial charge < -0.3 is 5.11 Å². The van der Waals surface area contributed by atoms with E-state index in [0.29, 0.717) is 12.3 Å². The van der Waals surface area contributed by atoms with Crippen LogP contribution in [0.5, 0.6) is 0 Å². The molecule has 0 atom stereocenters. The Morgan fingerprint density at radius 1 is 0.889 bits per heavy atom. The van der Waals surface area contributed by atoms with Gasteiger partial charge in [0.25, 0.3) is 0 Å². The first-order chi connectivity index (χ1) is 8.77. The molecule has 0 fully saturated rings. The molecule has 0 spiro atoms. The Bertz CT molecular complexity index is 448. The summed E-state index contributed by atoms with van der Waals surface area (Å²) in [7, 11) is 0. The van der Waals surface area contributed by atoms with E-state index < -0.39 is 0 Å². The molecule has 0 heterocycles. The molecule has 92 valence electrons. The molecule has 0 aliphatic heterocycles. The van der Waals surface area contributed by atoms with Crippen LogP contribution in [0.25, 0.3) is 0 Å². The van der Waals surface area contributed by atoms with E-state index in [1.165, 1.54) is 11.1 Å². The zero-order chi connectivity index (χ0) is 12.8. The van der Waals surface area contributed by atoms with Gasteiger partial charge in [-0.15, -0.1) is 0 Å². The standard InChI is InChI=1S/C17H18O/c1-14(18)12-13-17(15-8-4-2-5-9-15)16-10-6-3-7-11-16/h2-11,17-18H,1,12-13H2. The molecule has 0 aliphatic carbocycles. The van der Waals surface area contributed by atoms with E-state index in [4.69, 9.17) is 0 Å². The molecule has 0 radical (unpaired) electrons. The van der Waals surface area contributed by atoms with Crippen molar-refractivity contribution in [1.82, 2.24) is 0 Å². The van der Waals surface area contributed by atoms with Crippen molar-refractivity contribution in [3.8, 4) is 0 Å². The van der Waals surface area contributed by atoms with Crippen LogP contribution in [0.15, 0.2) is 73.0 Å². The molecule has 0 aliphatic rings. The Hall–Kier alpha value is -2.02. The second-order valence-corrected chi connectivity index (χ2v) is 4.48. The second kappa shape index (κ2) is 6.06. The highest BCUT2D eigenvalue weighted by Gasteiger charge is 2.13. The van der Waals surface area contributed by atoms with E-state index in [1.54, 1.807) is 0 Å².